The van der Waals surface area contributed by atoms with E-state index >= 15 is 0 Å². The second kappa shape index (κ2) is 8.10. The largest absolute Gasteiger partial charge is 0.598 e. The van der Waals surface area contributed by atoms with E-state index in [2.05, 4.69) is 4.72 Å². The molecule has 0 aliphatic rings. The number of nitrogens with two attached hydrogens (primary N) is 1. The number of alkyl halides is 2. The predicted octanol–water partition coefficient (Wildman–Crippen LogP) is 2.90. The van der Waals surface area contributed by atoms with Crippen LogP contribution in [-0.2, 0) is 17.9 Å². The van der Waals surface area contributed by atoms with Gasteiger partial charge in [0.1, 0.15) is 17.1 Å². The second-order valence-corrected chi connectivity index (χ2v) is 7.99. The van der Waals surface area contributed by atoms with Gasteiger partial charge in [0.15, 0.2) is 0 Å². The number of benzene rings is 1. The first-order valence-corrected chi connectivity index (χ1v) is 8.22. The third-order valence-corrected chi connectivity index (χ3v) is 4.69. The highest BCUT2D eigenvalue weighted by molar-refractivity contribution is 7.90. The van der Waals surface area contributed by atoms with Crippen molar-refractivity contribution in [2.24, 2.45) is 5.73 Å². The summed E-state index contributed by atoms with van der Waals surface area (Å²) in [6.45, 7) is 7.06. The van der Waals surface area contributed by atoms with Gasteiger partial charge in [-0.05, 0) is 45.4 Å². The Morgan fingerprint density at radius 1 is 1.36 bits per heavy atom. The summed E-state index contributed by atoms with van der Waals surface area (Å²) in [4.78, 5) is 0. The van der Waals surface area contributed by atoms with Gasteiger partial charge in [0.2, 0.25) is 0 Å². The molecular formula is C15H24F2N2O2S. The minimum Gasteiger partial charge on any atom is -0.598 e. The van der Waals surface area contributed by atoms with Crippen molar-refractivity contribution in [2.45, 2.75) is 51.5 Å². The molecule has 1 unspecified atom stereocenters. The predicted molar refractivity (Wildman–Crippen MR) is 85.3 cm³/mol. The first-order valence-electron chi connectivity index (χ1n) is 7.07. The molecule has 0 bridgehead atoms. The third-order valence-electron chi connectivity index (χ3n) is 3.01. The molecule has 0 aliphatic carbocycles. The summed E-state index contributed by atoms with van der Waals surface area (Å²) in [5.41, 5.74) is 7.17. The Morgan fingerprint density at radius 3 is 2.50 bits per heavy atom. The molecule has 0 heterocycles. The molecule has 1 aromatic rings. The second-order valence-electron chi connectivity index (χ2n) is 5.99. The van der Waals surface area contributed by atoms with Crippen LogP contribution >= 0.6 is 0 Å². The van der Waals surface area contributed by atoms with Crippen LogP contribution < -0.4 is 15.2 Å². The third kappa shape index (κ3) is 5.72. The summed E-state index contributed by atoms with van der Waals surface area (Å²) in [5.74, 6) is 0.357. The normalized spacial score (nSPS) is 15.0. The molecular weight excluding hydrogens is 310 g/mol. The van der Waals surface area contributed by atoms with Gasteiger partial charge in [-0.15, -0.1) is 4.72 Å². The van der Waals surface area contributed by atoms with Gasteiger partial charge in [0.05, 0.1) is 6.04 Å². The Bertz CT molecular complexity index is 481. The summed E-state index contributed by atoms with van der Waals surface area (Å²) in [6.07, 6.45) is -2.53. The van der Waals surface area contributed by atoms with Gasteiger partial charge in [-0.2, -0.15) is 0 Å². The van der Waals surface area contributed by atoms with Crippen LogP contribution in [0.1, 0.15) is 44.9 Å². The quantitative estimate of drug-likeness (QED) is 0.752. The number of hydrogen-bond donors (Lipinski definition) is 2. The molecule has 4 nitrogen and oxygen atoms in total. The van der Waals surface area contributed by atoms with E-state index in [4.69, 9.17) is 10.5 Å². The highest BCUT2D eigenvalue weighted by Crippen LogP contribution is 2.25. The van der Waals surface area contributed by atoms with Gasteiger partial charge in [0.25, 0.3) is 6.43 Å². The van der Waals surface area contributed by atoms with Gasteiger partial charge >= 0.3 is 0 Å². The van der Waals surface area contributed by atoms with Crippen LogP contribution in [0.4, 0.5) is 8.78 Å². The minimum atomic E-state index is -2.53. The van der Waals surface area contributed by atoms with Crippen LogP contribution in [0.2, 0.25) is 0 Å². The van der Waals surface area contributed by atoms with Crippen LogP contribution in [0, 0.1) is 0 Å². The lowest BCUT2D eigenvalue weighted by molar-refractivity contribution is 0.0814. The number of ether oxygens (including phenoxy) is 1. The van der Waals surface area contributed by atoms with Crippen molar-refractivity contribution in [1.82, 2.24) is 4.72 Å². The summed E-state index contributed by atoms with van der Waals surface area (Å²) in [6, 6.07) is 5.02. The summed E-state index contributed by atoms with van der Waals surface area (Å²) >= 11 is -1.20. The molecule has 0 aromatic heterocycles. The molecule has 3 N–H and O–H groups in total. The molecule has 126 valence electrons. The fourth-order valence-corrected chi connectivity index (χ4v) is 2.54. The molecule has 0 spiro atoms. The van der Waals surface area contributed by atoms with Crippen LogP contribution in [0.25, 0.3) is 0 Å². The fraction of sp³-hybridized carbons (Fsp3) is 0.600. The standard InChI is InChI=1S/C15H24F2N2O2S/c1-10(19-22(20)15(2,3)4)11-5-6-13(12(7-11)8-18)21-9-14(16)17/h5-7,10,14,19H,8-9,18H2,1-4H3/t10-,22?/m1/s1. The monoisotopic (exact) mass is 334 g/mol. The maximum Gasteiger partial charge on any atom is 0.272 e. The molecule has 7 heteroatoms. The Hall–Kier alpha value is -0.890. The minimum absolute atomic E-state index is 0.158. The summed E-state index contributed by atoms with van der Waals surface area (Å²) in [5, 5.41) is 0. The fourth-order valence-electron chi connectivity index (χ4n) is 1.73. The lowest BCUT2D eigenvalue weighted by atomic mass is 10.0. The Labute approximate surface area is 133 Å². The summed E-state index contributed by atoms with van der Waals surface area (Å²) < 4.78 is 44.3. The average molecular weight is 334 g/mol. The Balaban J connectivity index is 2.83. The molecule has 0 saturated heterocycles. The van der Waals surface area contributed by atoms with Gasteiger partial charge in [0, 0.05) is 23.5 Å². The van der Waals surface area contributed by atoms with E-state index in [0.29, 0.717) is 11.3 Å². The van der Waals surface area contributed by atoms with Crippen molar-refractivity contribution in [2.75, 3.05) is 6.61 Å². The van der Waals surface area contributed by atoms with Crippen molar-refractivity contribution in [1.29, 1.82) is 0 Å². The molecule has 0 amide bonds. The van der Waals surface area contributed by atoms with Crippen LogP contribution in [0.15, 0.2) is 18.2 Å². The van der Waals surface area contributed by atoms with Crippen molar-refractivity contribution < 1.29 is 18.1 Å². The number of halogens is 2. The zero-order valence-electron chi connectivity index (χ0n) is 13.4. The zero-order chi connectivity index (χ0) is 16.9. The van der Waals surface area contributed by atoms with Crippen LogP contribution in [-0.4, -0.2) is 22.3 Å². The van der Waals surface area contributed by atoms with Gasteiger partial charge < -0.3 is 15.0 Å². The SMILES string of the molecule is C[C@@H](N[S+]([O-])C(C)(C)C)c1ccc(OCC(F)F)c(CN)c1. The number of nitrogens with one attached hydrogen (secondary N) is 1. The van der Waals surface area contributed by atoms with E-state index in [1.165, 1.54) is 0 Å². The number of hydrogen-bond acceptors (Lipinski definition) is 4. The highest BCUT2D eigenvalue weighted by Gasteiger charge is 2.28. The van der Waals surface area contributed by atoms with Crippen molar-refractivity contribution >= 4 is 11.4 Å². The highest BCUT2D eigenvalue weighted by atomic mass is 32.2. The van der Waals surface area contributed by atoms with E-state index in [0.717, 1.165) is 5.56 Å². The Morgan fingerprint density at radius 2 is 2.00 bits per heavy atom. The lowest BCUT2D eigenvalue weighted by Gasteiger charge is -2.26. The van der Waals surface area contributed by atoms with E-state index < -0.39 is 24.4 Å². The van der Waals surface area contributed by atoms with Crippen LogP contribution in [0.3, 0.4) is 0 Å². The van der Waals surface area contributed by atoms with Crippen molar-refractivity contribution in [3.05, 3.63) is 29.3 Å². The summed E-state index contributed by atoms with van der Waals surface area (Å²) in [7, 11) is 0. The molecule has 0 fully saturated rings. The van der Waals surface area contributed by atoms with E-state index in [1.807, 2.05) is 27.7 Å². The number of rotatable bonds is 7. The van der Waals surface area contributed by atoms with Gasteiger partial charge in [-0.25, -0.2) is 8.78 Å². The molecule has 0 radical (unpaired) electrons. The molecule has 1 rings (SSSR count). The maximum absolute atomic E-state index is 12.2. The van der Waals surface area contributed by atoms with Crippen molar-refractivity contribution in [3.63, 3.8) is 0 Å². The Kier molecular flexibility index (Phi) is 7.05. The van der Waals surface area contributed by atoms with Crippen molar-refractivity contribution in [3.8, 4) is 5.75 Å². The molecule has 2 atom stereocenters. The van der Waals surface area contributed by atoms with Crippen LogP contribution in [0.5, 0.6) is 5.75 Å². The smallest absolute Gasteiger partial charge is 0.272 e. The maximum atomic E-state index is 12.2. The first kappa shape index (κ1) is 19.2. The van der Waals surface area contributed by atoms with E-state index in [-0.39, 0.29) is 17.3 Å². The molecule has 1 aromatic carbocycles. The first-order chi connectivity index (χ1) is 10.1. The lowest BCUT2D eigenvalue weighted by Crippen LogP contribution is -2.40. The zero-order valence-corrected chi connectivity index (χ0v) is 14.2. The van der Waals surface area contributed by atoms with Gasteiger partial charge in [-0.1, -0.05) is 6.07 Å². The molecule has 0 aliphatic heterocycles. The van der Waals surface area contributed by atoms with E-state index in [9.17, 15) is 13.3 Å². The topological polar surface area (TPSA) is 70.3 Å². The van der Waals surface area contributed by atoms with Gasteiger partial charge in [-0.3, -0.25) is 0 Å². The van der Waals surface area contributed by atoms with E-state index in [1.54, 1.807) is 18.2 Å². The molecule has 0 saturated carbocycles. The average Bonchev–Trinajstić information content (AvgIpc) is 2.43. The molecule has 22 heavy (non-hydrogen) atoms.